The quantitative estimate of drug-likeness (QED) is 0.281. The van der Waals surface area contributed by atoms with Crippen LogP contribution in [0.1, 0.15) is 44.2 Å². The maximum absolute atomic E-state index is 13.7. The molecule has 3 heterocycles. The van der Waals surface area contributed by atoms with Crippen LogP contribution < -0.4 is 44.8 Å². The maximum atomic E-state index is 13.7. The van der Waals surface area contributed by atoms with Crippen molar-refractivity contribution in [2.75, 3.05) is 50.1 Å². The molecule has 5 rings (SSSR count). The monoisotopic (exact) mass is 598 g/mol. The first-order valence-corrected chi connectivity index (χ1v) is 13.6. The van der Waals surface area contributed by atoms with Gasteiger partial charge in [-0.15, -0.1) is 0 Å². The number of amides is 2. The highest BCUT2D eigenvalue weighted by molar-refractivity contribution is 6.03. The van der Waals surface area contributed by atoms with Crippen LogP contribution in [0.15, 0.2) is 42.5 Å². The molecule has 0 bridgehead atoms. The molecule has 3 aliphatic rings. The zero-order valence-corrected chi connectivity index (χ0v) is 25.2. The van der Waals surface area contributed by atoms with Gasteiger partial charge < -0.3 is 49.9 Å². The number of hydrogen-bond acceptors (Lipinski definition) is 4. The minimum atomic E-state index is -0.515. The van der Waals surface area contributed by atoms with Crippen LogP contribution in [-0.4, -0.2) is 74.6 Å². The first-order valence-electron chi connectivity index (χ1n) is 13.6. The summed E-state index contributed by atoms with van der Waals surface area (Å²) < 4.78 is 4.75. The molecule has 2 aromatic rings. The zero-order valence-electron chi connectivity index (χ0n) is 23.6. The molecule has 3 atom stereocenters. The number of aliphatic hydroxyl groups is 1. The molecule has 9 nitrogen and oxygen atoms in total. The van der Waals surface area contributed by atoms with Crippen molar-refractivity contribution in [3.05, 3.63) is 53.6 Å². The second kappa shape index (κ2) is 16.8. The van der Waals surface area contributed by atoms with E-state index >= 15 is 0 Å². The number of quaternary nitrogens is 2. The average Bonchev–Trinajstić information content (AvgIpc) is 3.28. The molecule has 2 amide bonds. The number of piperazine rings is 1. The van der Waals surface area contributed by atoms with Gasteiger partial charge >= 0.3 is 6.09 Å². The summed E-state index contributed by atoms with van der Waals surface area (Å²) in [6.45, 7) is 9.20. The highest BCUT2D eigenvalue weighted by Crippen LogP contribution is 2.38. The van der Waals surface area contributed by atoms with Crippen LogP contribution in [-0.2, 0) is 22.4 Å². The summed E-state index contributed by atoms with van der Waals surface area (Å²) in [6.07, 6.45) is 4.24. The number of nitrogens with one attached hydrogen (secondary N) is 3. The fraction of sp³-hybridized carbons (Fsp3) is 0.517. The van der Waals surface area contributed by atoms with Crippen molar-refractivity contribution in [2.24, 2.45) is 0 Å². The second-order valence-corrected chi connectivity index (χ2v) is 10.6. The number of carbonyl (C=O) groups excluding carboxylic acids is 2. The number of fused-ring (bicyclic) bond motifs is 3. The average molecular weight is 600 g/mol. The van der Waals surface area contributed by atoms with Gasteiger partial charge in [0.25, 0.3) is 0 Å². The number of ether oxygens (including phenoxy) is 1. The summed E-state index contributed by atoms with van der Waals surface area (Å²) in [5.74, 6) is 0.120. The Morgan fingerprint density at radius 1 is 1.05 bits per heavy atom. The molecule has 3 aliphatic heterocycles. The van der Waals surface area contributed by atoms with Crippen LogP contribution in [0.5, 0.6) is 0 Å². The standard InChI is InChI=1S/C26H32N4O3.C3H8O.2ClH.H2O/c1-33-26(32)27-21-11-10-20-9-8-19-5-2-3-7-23(19)30(24(20)17-21)25(31)12-14-28-15-16-29-13-4-6-22(29)18-28;1-3(2)4;;;/h2-3,5,7,10-11,17,22H,4,6,8-9,12-16,18H2,1H3,(H,27,32);3-4H,1-2H3;2*1H;1H2. The lowest BCUT2D eigenvalue weighted by Gasteiger charge is -2.32. The molecule has 2 fully saturated rings. The third-order valence-electron chi connectivity index (χ3n) is 7.56. The van der Waals surface area contributed by atoms with E-state index in [2.05, 4.69) is 11.4 Å². The molecule has 224 valence electrons. The lowest BCUT2D eigenvalue weighted by atomic mass is 10.0. The molecule has 0 radical (unpaired) electrons. The Hall–Kier alpha value is -2.40. The number of halogens is 2. The SMILES string of the molecule is CC(C)O.COC(=O)Nc1ccc2c(c1)N(C(=O)CC[NH+]1CC[NH+]3CCCC3C1)c1ccccc1CC2.O.[Cl-].[Cl-]. The van der Waals surface area contributed by atoms with Gasteiger partial charge in [0.2, 0.25) is 5.91 Å². The first-order chi connectivity index (χ1) is 17.9. The van der Waals surface area contributed by atoms with Gasteiger partial charge in [-0.25, -0.2) is 4.79 Å². The largest absolute Gasteiger partial charge is 1.00 e. The van der Waals surface area contributed by atoms with E-state index in [1.165, 1.54) is 45.1 Å². The Bertz CT molecular complexity index is 1100. The minimum absolute atomic E-state index is 0. The number of carbonyl (C=O) groups is 2. The van der Waals surface area contributed by atoms with E-state index in [0.717, 1.165) is 48.9 Å². The fourth-order valence-corrected chi connectivity index (χ4v) is 5.81. The number of hydrogen-bond donors (Lipinski definition) is 4. The lowest BCUT2D eigenvalue weighted by molar-refractivity contribution is -1.02. The van der Waals surface area contributed by atoms with Gasteiger partial charge in [-0.1, -0.05) is 24.3 Å². The number of aliphatic hydroxyl groups excluding tert-OH is 1. The van der Waals surface area contributed by atoms with Gasteiger partial charge in [-0.2, -0.15) is 0 Å². The van der Waals surface area contributed by atoms with Crippen LogP contribution in [0, 0.1) is 0 Å². The molecule has 0 aliphatic carbocycles. The third kappa shape index (κ3) is 9.06. The molecular formula is C29H44Cl2N4O5. The molecule has 3 unspecified atom stereocenters. The van der Waals surface area contributed by atoms with Crippen molar-refractivity contribution in [3.8, 4) is 0 Å². The lowest BCUT2D eigenvalue weighted by Crippen LogP contribution is -3.29. The molecule has 0 aromatic heterocycles. The van der Waals surface area contributed by atoms with Crippen LogP contribution in [0.2, 0.25) is 0 Å². The van der Waals surface area contributed by atoms with Gasteiger partial charge in [0.05, 0.1) is 38.0 Å². The Morgan fingerprint density at radius 2 is 1.73 bits per heavy atom. The number of nitrogens with zero attached hydrogens (tertiary/aromatic N) is 1. The minimum Gasteiger partial charge on any atom is -1.00 e. The van der Waals surface area contributed by atoms with E-state index in [1.807, 2.05) is 41.3 Å². The van der Waals surface area contributed by atoms with Crippen LogP contribution >= 0.6 is 0 Å². The maximum Gasteiger partial charge on any atom is 0.411 e. The predicted octanol–water partition coefficient (Wildman–Crippen LogP) is -5.47. The molecular weight excluding hydrogens is 555 g/mol. The van der Waals surface area contributed by atoms with E-state index in [9.17, 15) is 9.59 Å². The van der Waals surface area contributed by atoms with E-state index in [4.69, 9.17) is 9.84 Å². The fourth-order valence-electron chi connectivity index (χ4n) is 5.81. The molecule has 11 heteroatoms. The van der Waals surface area contributed by atoms with Crippen molar-refractivity contribution in [3.63, 3.8) is 0 Å². The number of methoxy groups -OCH3 is 1. The summed E-state index contributed by atoms with van der Waals surface area (Å²) in [5.41, 5.74) is 4.74. The Kier molecular flexibility index (Phi) is 14.9. The van der Waals surface area contributed by atoms with Crippen LogP contribution in [0.3, 0.4) is 0 Å². The zero-order chi connectivity index (χ0) is 26.4. The summed E-state index contributed by atoms with van der Waals surface area (Å²) in [4.78, 5) is 30.7. The van der Waals surface area contributed by atoms with Crippen molar-refractivity contribution >= 4 is 29.1 Å². The predicted molar refractivity (Wildman–Crippen MR) is 148 cm³/mol. The van der Waals surface area contributed by atoms with Crippen molar-refractivity contribution in [2.45, 2.75) is 58.1 Å². The second-order valence-electron chi connectivity index (χ2n) is 10.6. The van der Waals surface area contributed by atoms with E-state index in [0.29, 0.717) is 12.1 Å². The highest BCUT2D eigenvalue weighted by atomic mass is 35.5. The third-order valence-corrected chi connectivity index (χ3v) is 7.56. The summed E-state index contributed by atoms with van der Waals surface area (Å²) in [7, 11) is 1.35. The smallest absolute Gasteiger partial charge is 0.411 e. The molecule has 40 heavy (non-hydrogen) atoms. The van der Waals surface area contributed by atoms with Gasteiger partial charge in [0, 0.05) is 24.6 Å². The molecule has 0 spiro atoms. The highest BCUT2D eigenvalue weighted by Gasteiger charge is 2.37. The Morgan fingerprint density at radius 3 is 2.42 bits per heavy atom. The topological polar surface area (TPSA) is 119 Å². The van der Waals surface area contributed by atoms with Crippen LogP contribution in [0.4, 0.5) is 21.9 Å². The van der Waals surface area contributed by atoms with Gasteiger partial charge in [0.15, 0.2) is 0 Å². The van der Waals surface area contributed by atoms with Crippen molar-refractivity contribution < 1.29 is 59.5 Å². The van der Waals surface area contributed by atoms with Crippen LogP contribution in [0.25, 0.3) is 0 Å². The number of anilines is 3. The number of aryl methyl sites for hydroxylation is 2. The molecule has 0 saturated carbocycles. The molecule has 2 saturated heterocycles. The molecule has 6 N–H and O–H groups in total. The van der Waals surface area contributed by atoms with Gasteiger partial charge in [-0.3, -0.25) is 15.0 Å². The van der Waals surface area contributed by atoms with E-state index in [-0.39, 0.29) is 42.3 Å². The van der Waals surface area contributed by atoms with E-state index < -0.39 is 6.09 Å². The Labute approximate surface area is 250 Å². The normalized spacial score (nSPS) is 20.4. The van der Waals surface area contributed by atoms with Crippen molar-refractivity contribution in [1.29, 1.82) is 0 Å². The van der Waals surface area contributed by atoms with Gasteiger partial charge in [-0.05, 0) is 56.0 Å². The number of benzene rings is 2. The summed E-state index contributed by atoms with van der Waals surface area (Å²) in [6, 6.07) is 14.7. The Balaban J connectivity index is 0.00000107. The summed E-state index contributed by atoms with van der Waals surface area (Å²) in [5, 5.41) is 10.8. The van der Waals surface area contributed by atoms with E-state index in [1.54, 1.807) is 23.6 Å². The van der Waals surface area contributed by atoms with Gasteiger partial charge in [0.1, 0.15) is 25.7 Å². The molecule has 2 aromatic carbocycles. The number of rotatable bonds is 4. The van der Waals surface area contributed by atoms with Crippen molar-refractivity contribution in [1.82, 2.24) is 0 Å². The first kappa shape index (κ1) is 35.6. The number of para-hydroxylation sites is 1. The summed E-state index contributed by atoms with van der Waals surface area (Å²) >= 11 is 0.